The number of hydrogen-bond donors (Lipinski definition) is 1. The van der Waals surface area contributed by atoms with Crippen LogP contribution in [0.25, 0.3) is 0 Å². The number of carbonyl (C=O) groups is 1. The first-order valence-corrected chi connectivity index (χ1v) is 9.81. The molecule has 4 heteroatoms. The molecule has 0 heterocycles. The lowest BCUT2D eigenvalue weighted by Crippen LogP contribution is -2.36. The molecule has 0 aliphatic carbocycles. The average molecular weight is 383 g/mol. The molecular formula is C24H34N2O2. The molecule has 0 aromatic heterocycles. The van der Waals surface area contributed by atoms with Crippen molar-refractivity contribution < 1.29 is 9.53 Å². The van der Waals surface area contributed by atoms with E-state index in [0.29, 0.717) is 6.54 Å². The summed E-state index contributed by atoms with van der Waals surface area (Å²) in [6.07, 6.45) is 0. The Kier molecular flexibility index (Phi) is 7.25. The van der Waals surface area contributed by atoms with Gasteiger partial charge in [0.25, 0.3) is 5.91 Å². The summed E-state index contributed by atoms with van der Waals surface area (Å²) in [7, 11) is 4.06. The molecule has 0 aliphatic heterocycles. The molecule has 2 rings (SSSR count). The van der Waals surface area contributed by atoms with Crippen LogP contribution in [0.5, 0.6) is 5.75 Å². The monoisotopic (exact) mass is 382 g/mol. The molecule has 2 aromatic carbocycles. The van der Waals surface area contributed by atoms with Crippen LogP contribution in [0.3, 0.4) is 0 Å². The van der Waals surface area contributed by atoms with Crippen molar-refractivity contribution in [2.24, 2.45) is 0 Å². The number of benzene rings is 2. The van der Waals surface area contributed by atoms with E-state index in [1.165, 1.54) is 16.7 Å². The minimum atomic E-state index is -0.114. The van der Waals surface area contributed by atoms with E-state index in [1.807, 2.05) is 39.2 Å². The number of ether oxygens (including phenoxy) is 1. The van der Waals surface area contributed by atoms with Crippen LogP contribution in [-0.2, 0) is 10.2 Å². The number of nitrogens with one attached hydrogen (secondary N) is 1. The summed E-state index contributed by atoms with van der Waals surface area (Å²) in [6.45, 7) is 11.3. The second-order valence-corrected chi connectivity index (χ2v) is 8.69. The number of likely N-dealkylation sites (N-methyl/N-ethyl adjacent to an activating group) is 1. The predicted octanol–water partition coefficient (Wildman–Crippen LogP) is 4.40. The average Bonchev–Trinajstić information content (AvgIpc) is 2.62. The highest BCUT2D eigenvalue weighted by Crippen LogP contribution is 2.25. The molecule has 4 nitrogen and oxygen atoms in total. The highest BCUT2D eigenvalue weighted by atomic mass is 16.5. The largest absolute Gasteiger partial charge is 0.484 e. The van der Waals surface area contributed by atoms with Gasteiger partial charge in [0, 0.05) is 6.54 Å². The first-order valence-electron chi connectivity index (χ1n) is 9.81. The normalized spacial score (nSPS) is 12.7. The van der Waals surface area contributed by atoms with E-state index in [-0.39, 0.29) is 24.0 Å². The summed E-state index contributed by atoms with van der Waals surface area (Å²) in [5, 5.41) is 3.00. The van der Waals surface area contributed by atoms with E-state index in [2.05, 4.69) is 62.2 Å². The van der Waals surface area contributed by atoms with Gasteiger partial charge in [-0.2, -0.15) is 0 Å². The van der Waals surface area contributed by atoms with Gasteiger partial charge in [0.1, 0.15) is 5.75 Å². The summed E-state index contributed by atoms with van der Waals surface area (Å²) in [6, 6.07) is 14.6. The van der Waals surface area contributed by atoms with Gasteiger partial charge in [-0.15, -0.1) is 0 Å². The van der Waals surface area contributed by atoms with Gasteiger partial charge in [-0.1, -0.05) is 51.1 Å². The Hall–Kier alpha value is -2.33. The Bertz CT molecular complexity index is 789. The van der Waals surface area contributed by atoms with Crippen molar-refractivity contribution in [2.75, 3.05) is 27.2 Å². The molecule has 0 bridgehead atoms. The van der Waals surface area contributed by atoms with Gasteiger partial charge in [0.15, 0.2) is 6.61 Å². The summed E-state index contributed by atoms with van der Waals surface area (Å²) < 4.78 is 5.63. The van der Waals surface area contributed by atoms with Crippen LogP contribution < -0.4 is 10.1 Å². The third kappa shape index (κ3) is 6.10. The highest BCUT2D eigenvalue weighted by Gasteiger charge is 2.18. The standard InChI is InChI=1S/C24H34N2O2/c1-17-8-13-21(14-18(17)2)28-16-23(27)25-15-22(26(6)7)19-9-11-20(12-10-19)24(3,4)5/h8-14,22H,15-16H2,1-7H3,(H,25,27)/t22-/m0/s1. The van der Waals surface area contributed by atoms with Gasteiger partial charge in [-0.25, -0.2) is 0 Å². The third-order valence-corrected chi connectivity index (χ3v) is 5.13. The van der Waals surface area contributed by atoms with Crippen molar-refractivity contribution in [1.82, 2.24) is 10.2 Å². The van der Waals surface area contributed by atoms with Crippen molar-refractivity contribution in [2.45, 2.75) is 46.1 Å². The van der Waals surface area contributed by atoms with Crippen molar-refractivity contribution in [3.05, 3.63) is 64.7 Å². The maximum absolute atomic E-state index is 12.3. The molecule has 2 aromatic rings. The SMILES string of the molecule is Cc1ccc(OCC(=O)NC[C@@H](c2ccc(C(C)(C)C)cc2)N(C)C)cc1C. The fourth-order valence-corrected chi connectivity index (χ4v) is 3.02. The van der Waals surface area contributed by atoms with E-state index in [0.717, 1.165) is 11.3 Å². The van der Waals surface area contributed by atoms with Gasteiger partial charge in [0.2, 0.25) is 0 Å². The number of hydrogen-bond acceptors (Lipinski definition) is 3. The summed E-state index contributed by atoms with van der Waals surface area (Å²) in [4.78, 5) is 14.4. The van der Waals surface area contributed by atoms with Gasteiger partial charge >= 0.3 is 0 Å². The van der Waals surface area contributed by atoms with Crippen LogP contribution in [0.4, 0.5) is 0 Å². The molecule has 152 valence electrons. The molecule has 0 saturated heterocycles. The molecule has 0 saturated carbocycles. The van der Waals surface area contributed by atoms with Crippen molar-refractivity contribution >= 4 is 5.91 Å². The topological polar surface area (TPSA) is 41.6 Å². The lowest BCUT2D eigenvalue weighted by molar-refractivity contribution is -0.123. The quantitative estimate of drug-likeness (QED) is 0.772. The number of amides is 1. The molecule has 1 N–H and O–H groups in total. The number of rotatable bonds is 7. The van der Waals surface area contributed by atoms with Crippen molar-refractivity contribution in [3.8, 4) is 5.75 Å². The van der Waals surface area contributed by atoms with E-state index in [9.17, 15) is 4.79 Å². The van der Waals surface area contributed by atoms with Gasteiger partial charge in [-0.3, -0.25) is 4.79 Å². The molecule has 1 amide bonds. The maximum atomic E-state index is 12.3. The summed E-state index contributed by atoms with van der Waals surface area (Å²) in [5.41, 5.74) is 4.99. The zero-order chi connectivity index (χ0) is 20.9. The van der Waals surface area contributed by atoms with E-state index < -0.39 is 0 Å². The van der Waals surface area contributed by atoms with Crippen LogP contribution in [0.15, 0.2) is 42.5 Å². The highest BCUT2D eigenvalue weighted by molar-refractivity contribution is 5.77. The Morgan fingerprint density at radius 3 is 2.21 bits per heavy atom. The fraction of sp³-hybridized carbons (Fsp3) is 0.458. The van der Waals surface area contributed by atoms with E-state index >= 15 is 0 Å². The van der Waals surface area contributed by atoms with Gasteiger partial charge in [0.05, 0.1) is 6.04 Å². The van der Waals surface area contributed by atoms with Crippen LogP contribution in [0.2, 0.25) is 0 Å². The first-order chi connectivity index (χ1) is 13.1. The first kappa shape index (κ1) is 22.0. The Morgan fingerprint density at radius 1 is 1.04 bits per heavy atom. The Labute approximate surface area is 169 Å². The molecule has 0 fully saturated rings. The zero-order valence-electron chi connectivity index (χ0n) is 18.3. The van der Waals surface area contributed by atoms with E-state index in [4.69, 9.17) is 4.74 Å². The maximum Gasteiger partial charge on any atom is 0.258 e. The van der Waals surface area contributed by atoms with E-state index in [1.54, 1.807) is 0 Å². The van der Waals surface area contributed by atoms with Crippen LogP contribution in [-0.4, -0.2) is 38.1 Å². The summed E-state index contributed by atoms with van der Waals surface area (Å²) in [5.74, 6) is 0.608. The van der Waals surface area contributed by atoms with Crippen molar-refractivity contribution in [1.29, 1.82) is 0 Å². The lowest BCUT2D eigenvalue weighted by atomic mass is 9.86. The smallest absolute Gasteiger partial charge is 0.258 e. The molecular weight excluding hydrogens is 348 g/mol. The Balaban J connectivity index is 1.93. The lowest BCUT2D eigenvalue weighted by Gasteiger charge is -2.26. The minimum Gasteiger partial charge on any atom is -0.484 e. The van der Waals surface area contributed by atoms with Gasteiger partial charge < -0.3 is 15.0 Å². The molecule has 0 unspecified atom stereocenters. The fourth-order valence-electron chi connectivity index (χ4n) is 3.02. The number of nitrogens with zero attached hydrogens (tertiary/aromatic N) is 1. The third-order valence-electron chi connectivity index (χ3n) is 5.13. The number of carbonyl (C=O) groups excluding carboxylic acids is 1. The minimum absolute atomic E-state index is 0.0195. The van der Waals surface area contributed by atoms with Gasteiger partial charge in [-0.05, 0) is 67.7 Å². The molecule has 0 spiro atoms. The second kappa shape index (κ2) is 9.24. The summed E-state index contributed by atoms with van der Waals surface area (Å²) >= 11 is 0. The van der Waals surface area contributed by atoms with Crippen LogP contribution in [0, 0.1) is 13.8 Å². The van der Waals surface area contributed by atoms with Crippen LogP contribution >= 0.6 is 0 Å². The zero-order valence-corrected chi connectivity index (χ0v) is 18.3. The molecule has 0 radical (unpaired) electrons. The second-order valence-electron chi connectivity index (χ2n) is 8.69. The molecule has 0 aliphatic rings. The molecule has 1 atom stereocenters. The van der Waals surface area contributed by atoms with Crippen LogP contribution in [0.1, 0.15) is 49.1 Å². The molecule has 28 heavy (non-hydrogen) atoms. The number of aryl methyl sites for hydroxylation is 2. The Morgan fingerprint density at radius 2 is 1.68 bits per heavy atom. The van der Waals surface area contributed by atoms with Crippen molar-refractivity contribution in [3.63, 3.8) is 0 Å². The predicted molar refractivity (Wildman–Crippen MR) is 116 cm³/mol.